The molecule has 0 aromatic heterocycles. The Morgan fingerprint density at radius 1 is 0.789 bits per heavy atom. The molecule has 4 heteroatoms. The van der Waals surface area contributed by atoms with Crippen LogP contribution in [0, 0.1) is 0 Å². The SMILES string of the molecule is CC(C)(c1cc(Cl)ccc1O)c1cc(Cl)ccc1O. The molecule has 2 N–H and O–H groups in total. The maximum atomic E-state index is 10.0. The monoisotopic (exact) mass is 296 g/mol. The van der Waals surface area contributed by atoms with Gasteiger partial charge in [0.25, 0.3) is 0 Å². The molecule has 0 spiro atoms. The first-order valence-electron chi connectivity index (χ1n) is 5.80. The smallest absolute Gasteiger partial charge is 0.119 e. The lowest BCUT2D eigenvalue weighted by molar-refractivity contribution is 0.435. The zero-order valence-electron chi connectivity index (χ0n) is 10.6. The van der Waals surface area contributed by atoms with Gasteiger partial charge in [0, 0.05) is 26.6 Å². The van der Waals surface area contributed by atoms with Crippen molar-refractivity contribution in [1.82, 2.24) is 0 Å². The van der Waals surface area contributed by atoms with Gasteiger partial charge < -0.3 is 10.2 Å². The van der Waals surface area contributed by atoms with Crippen LogP contribution in [0.15, 0.2) is 36.4 Å². The molecule has 2 aromatic carbocycles. The largest absolute Gasteiger partial charge is 0.508 e. The van der Waals surface area contributed by atoms with Gasteiger partial charge in [-0.2, -0.15) is 0 Å². The van der Waals surface area contributed by atoms with Crippen LogP contribution in [0.3, 0.4) is 0 Å². The van der Waals surface area contributed by atoms with Gasteiger partial charge >= 0.3 is 0 Å². The van der Waals surface area contributed by atoms with Crippen molar-refractivity contribution in [2.45, 2.75) is 19.3 Å². The molecule has 100 valence electrons. The first-order chi connectivity index (χ1) is 8.82. The van der Waals surface area contributed by atoms with Gasteiger partial charge in [0.15, 0.2) is 0 Å². The highest BCUT2D eigenvalue weighted by Crippen LogP contribution is 2.42. The Balaban J connectivity index is 2.64. The zero-order valence-corrected chi connectivity index (χ0v) is 12.1. The highest BCUT2D eigenvalue weighted by Gasteiger charge is 2.29. The summed E-state index contributed by atoms with van der Waals surface area (Å²) in [4.78, 5) is 0. The van der Waals surface area contributed by atoms with E-state index in [9.17, 15) is 10.2 Å². The van der Waals surface area contributed by atoms with Crippen LogP contribution in [-0.2, 0) is 5.41 Å². The van der Waals surface area contributed by atoms with E-state index in [1.54, 1.807) is 36.4 Å². The molecule has 2 rings (SSSR count). The van der Waals surface area contributed by atoms with E-state index in [4.69, 9.17) is 23.2 Å². The van der Waals surface area contributed by atoms with Crippen molar-refractivity contribution in [2.75, 3.05) is 0 Å². The summed E-state index contributed by atoms with van der Waals surface area (Å²) in [6.45, 7) is 3.79. The minimum atomic E-state index is -0.621. The Bertz CT molecular complexity index is 568. The predicted octanol–water partition coefficient (Wildman–Crippen LogP) is 4.73. The second kappa shape index (κ2) is 4.95. The minimum Gasteiger partial charge on any atom is -0.508 e. The third-order valence-corrected chi connectivity index (χ3v) is 3.73. The number of hydrogen-bond acceptors (Lipinski definition) is 2. The summed E-state index contributed by atoms with van der Waals surface area (Å²) >= 11 is 12.0. The van der Waals surface area contributed by atoms with E-state index in [2.05, 4.69) is 0 Å². The average Bonchev–Trinajstić information content (AvgIpc) is 2.35. The average molecular weight is 297 g/mol. The van der Waals surface area contributed by atoms with Gasteiger partial charge in [-0.25, -0.2) is 0 Å². The van der Waals surface area contributed by atoms with Crippen LogP contribution < -0.4 is 0 Å². The fourth-order valence-electron chi connectivity index (χ4n) is 2.16. The summed E-state index contributed by atoms with van der Waals surface area (Å²) < 4.78 is 0. The van der Waals surface area contributed by atoms with E-state index >= 15 is 0 Å². The number of hydrogen-bond donors (Lipinski definition) is 2. The van der Waals surface area contributed by atoms with Crippen molar-refractivity contribution >= 4 is 23.2 Å². The molecule has 0 bridgehead atoms. The third-order valence-electron chi connectivity index (χ3n) is 3.26. The first-order valence-corrected chi connectivity index (χ1v) is 6.56. The van der Waals surface area contributed by atoms with Gasteiger partial charge in [0.2, 0.25) is 0 Å². The molecule has 0 radical (unpaired) electrons. The quantitative estimate of drug-likeness (QED) is 0.841. The molecule has 0 aliphatic carbocycles. The Morgan fingerprint density at radius 3 is 1.53 bits per heavy atom. The van der Waals surface area contributed by atoms with Crippen molar-refractivity contribution in [3.05, 3.63) is 57.6 Å². The highest BCUT2D eigenvalue weighted by molar-refractivity contribution is 6.31. The molecule has 0 fully saturated rings. The number of aromatic hydroxyl groups is 2. The van der Waals surface area contributed by atoms with E-state index in [1.165, 1.54) is 0 Å². The van der Waals surface area contributed by atoms with Crippen LogP contribution in [0.1, 0.15) is 25.0 Å². The van der Waals surface area contributed by atoms with Crippen molar-refractivity contribution in [3.8, 4) is 11.5 Å². The summed E-state index contributed by atoms with van der Waals surface area (Å²) in [6.07, 6.45) is 0. The molecule has 0 aliphatic rings. The molecule has 0 saturated carbocycles. The lowest BCUT2D eigenvalue weighted by atomic mass is 9.77. The van der Waals surface area contributed by atoms with Crippen LogP contribution in [0.2, 0.25) is 10.0 Å². The van der Waals surface area contributed by atoms with E-state index in [0.29, 0.717) is 21.2 Å². The van der Waals surface area contributed by atoms with Gasteiger partial charge in [-0.15, -0.1) is 0 Å². The Morgan fingerprint density at radius 2 is 1.16 bits per heavy atom. The number of phenolic OH excluding ortho intramolecular Hbond substituents is 2. The van der Waals surface area contributed by atoms with Gasteiger partial charge in [-0.05, 0) is 36.4 Å². The molecule has 2 aromatic rings. The molecular weight excluding hydrogens is 283 g/mol. The van der Waals surface area contributed by atoms with E-state index in [1.807, 2.05) is 13.8 Å². The molecular formula is C15H14Cl2O2. The van der Waals surface area contributed by atoms with Crippen molar-refractivity contribution in [1.29, 1.82) is 0 Å². The molecule has 19 heavy (non-hydrogen) atoms. The Kier molecular flexibility index (Phi) is 3.66. The van der Waals surface area contributed by atoms with Gasteiger partial charge in [0.1, 0.15) is 11.5 Å². The summed E-state index contributed by atoms with van der Waals surface area (Å²) in [7, 11) is 0. The van der Waals surface area contributed by atoms with Crippen LogP contribution in [0.25, 0.3) is 0 Å². The van der Waals surface area contributed by atoms with E-state index in [0.717, 1.165) is 0 Å². The zero-order chi connectivity index (χ0) is 14.2. The fraction of sp³-hybridized carbons (Fsp3) is 0.200. The summed E-state index contributed by atoms with van der Waals surface area (Å²) in [5.74, 6) is 0.266. The van der Waals surface area contributed by atoms with Gasteiger partial charge in [-0.1, -0.05) is 37.0 Å². The van der Waals surface area contributed by atoms with Crippen LogP contribution in [0.5, 0.6) is 11.5 Å². The second-order valence-corrected chi connectivity index (χ2v) is 5.82. The highest BCUT2D eigenvalue weighted by atomic mass is 35.5. The number of benzene rings is 2. The van der Waals surface area contributed by atoms with E-state index < -0.39 is 5.41 Å². The lowest BCUT2D eigenvalue weighted by Gasteiger charge is -2.28. The third kappa shape index (κ3) is 2.65. The van der Waals surface area contributed by atoms with Crippen molar-refractivity contribution < 1.29 is 10.2 Å². The van der Waals surface area contributed by atoms with Crippen LogP contribution in [-0.4, -0.2) is 10.2 Å². The summed E-state index contributed by atoms with van der Waals surface area (Å²) in [5, 5.41) is 21.1. The molecule has 0 aliphatic heterocycles. The minimum absolute atomic E-state index is 0.133. The van der Waals surface area contributed by atoms with E-state index in [-0.39, 0.29) is 11.5 Å². The first kappa shape index (κ1) is 14.0. The maximum absolute atomic E-state index is 10.0. The fourth-order valence-corrected chi connectivity index (χ4v) is 2.51. The molecule has 0 atom stereocenters. The summed E-state index contributed by atoms with van der Waals surface area (Å²) in [5.41, 5.74) is 0.652. The van der Waals surface area contributed by atoms with Crippen LogP contribution >= 0.6 is 23.2 Å². The number of halogens is 2. The topological polar surface area (TPSA) is 40.5 Å². The van der Waals surface area contributed by atoms with Crippen LogP contribution in [0.4, 0.5) is 0 Å². The van der Waals surface area contributed by atoms with Crippen molar-refractivity contribution in [2.24, 2.45) is 0 Å². The maximum Gasteiger partial charge on any atom is 0.119 e. The summed E-state index contributed by atoms with van der Waals surface area (Å²) in [6, 6.07) is 9.71. The van der Waals surface area contributed by atoms with Crippen molar-refractivity contribution in [3.63, 3.8) is 0 Å². The number of phenols is 2. The molecule has 0 saturated heterocycles. The Labute approximate surface area is 122 Å². The molecule has 0 amide bonds. The predicted molar refractivity (Wildman–Crippen MR) is 78.4 cm³/mol. The Hall–Kier alpha value is -1.38. The molecule has 0 heterocycles. The lowest BCUT2D eigenvalue weighted by Crippen LogP contribution is -2.19. The molecule has 0 unspecified atom stereocenters. The normalized spacial score (nSPS) is 11.6. The number of rotatable bonds is 2. The van der Waals surface area contributed by atoms with Gasteiger partial charge in [0.05, 0.1) is 0 Å². The van der Waals surface area contributed by atoms with Gasteiger partial charge in [-0.3, -0.25) is 0 Å². The standard InChI is InChI=1S/C15H14Cl2O2/c1-15(2,11-7-9(16)3-5-13(11)18)12-8-10(17)4-6-14(12)19/h3-8,18-19H,1-2H3. The second-order valence-electron chi connectivity index (χ2n) is 4.95. The molecule has 2 nitrogen and oxygen atoms in total.